The zero-order valence-electron chi connectivity index (χ0n) is 14.5. The van der Waals surface area contributed by atoms with Crippen LogP contribution < -0.4 is 5.32 Å². The minimum Gasteiger partial charge on any atom is -0.311 e. The van der Waals surface area contributed by atoms with Crippen molar-refractivity contribution in [2.24, 2.45) is 0 Å². The van der Waals surface area contributed by atoms with Crippen molar-refractivity contribution in [3.05, 3.63) is 35.1 Å². The van der Waals surface area contributed by atoms with Crippen LogP contribution in [0.15, 0.2) is 18.2 Å². The molecular weight excluding hydrogens is 263 g/mol. The van der Waals surface area contributed by atoms with Crippen molar-refractivity contribution in [3.63, 3.8) is 0 Å². The van der Waals surface area contributed by atoms with Crippen LogP contribution in [0.1, 0.15) is 57.7 Å². The summed E-state index contributed by atoms with van der Waals surface area (Å²) in [5.41, 5.74) is 2.28. The molecule has 21 heavy (non-hydrogen) atoms. The lowest BCUT2D eigenvalue weighted by atomic mass is 9.78. The number of likely N-dealkylation sites (N-methyl/N-ethyl adjacent to an activating group) is 2. The van der Waals surface area contributed by atoms with Gasteiger partial charge in [0.25, 0.3) is 0 Å². The fraction of sp³-hybridized carbons (Fsp3) is 0.667. The minimum absolute atomic E-state index is 0.0564. The fourth-order valence-electron chi connectivity index (χ4n) is 3.82. The highest BCUT2D eigenvalue weighted by molar-refractivity contribution is 5.32. The molecule has 0 aliphatic carbocycles. The van der Waals surface area contributed by atoms with E-state index in [1.165, 1.54) is 5.56 Å². The average molecular weight is 294 g/mol. The number of hydrogen-bond acceptors (Lipinski definition) is 2. The summed E-state index contributed by atoms with van der Waals surface area (Å²) < 4.78 is 13.4. The van der Waals surface area contributed by atoms with Gasteiger partial charge in [-0.3, -0.25) is 4.90 Å². The van der Waals surface area contributed by atoms with E-state index in [9.17, 15) is 4.39 Å². The van der Waals surface area contributed by atoms with Crippen molar-refractivity contribution >= 4 is 0 Å². The molecule has 120 valence electrons. The third-order valence-electron chi connectivity index (χ3n) is 4.99. The van der Waals surface area contributed by atoms with Crippen LogP contribution in [0, 0.1) is 12.7 Å². The molecule has 3 heteroatoms. The second-order valence-corrected chi connectivity index (χ2v) is 5.71. The van der Waals surface area contributed by atoms with Crippen LogP contribution in [0.5, 0.6) is 0 Å². The van der Waals surface area contributed by atoms with Gasteiger partial charge in [0.1, 0.15) is 5.82 Å². The van der Waals surface area contributed by atoms with Crippen LogP contribution in [-0.4, -0.2) is 30.6 Å². The smallest absolute Gasteiger partial charge is 0.123 e. The molecule has 0 fully saturated rings. The molecule has 1 rings (SSSR count). The van der Waals surface area contributed by atoms with E-state index in [4.69, 9.17) is 0 Å². The summed E-state index contributed by atoms with van der Waals surface area (Å²) in [6.07, 6.45) is 2.13. The summed E-state index contributed by atoms with van der Waals surface area (Å²) in [6, 6.07) is 5.35. The van der Waals surface area contributed by atoms with Gasteiger partial charge >= 0.3 is 0 Å². The van der Waals surface area contributed by atoms with E-state index in [2.05, 4.69) is 37.9 Å². The maximum absolute atomic E-state index is 13.4. The van der Waals surface area contributed by atoms with E-state index in [0.29, 0.717) is 0 Å². The van der Waals surface area contributed by atoms with Gasteiger partial charge in [-0.25, -0.2) is 4.39 Å². The lowest BCUT2D eigenvalue weighted by molar-refractivity contribution is 0.0512. The number of aryl methyl sites for hydroxylation is 1. The van der Waals surface area contributed by atoms with E-state index in [1.807, 2.05) is 20.0 Å². The van der Waals surface area contributed by atoms with E-state index in [-0.39, 0.29) is 17.4 Å². The summed E-state index contributed by atoms with van der Waals surface area (Å²) in [7, 11) is 2.01. The maximum atomic E-state index is 13.4. The highest BCUT2D eigenvalue weighted by Crippen LogP contribution is 2.38. The first-order chi connectivity index (χ1) is 10.00. The normalized spacial score (nSPS) is 13.7. The molecule has 0 amide bonds. The number of nitrogens with zero attached hydrogens (tertiary/aromatic N) is 1. The molecule has 0 spiro atoms. The lowest BCUT2D eigenvalue weighted by Gasteiger charge is -2.48. The zero-order chi connectivity index (χ0) is 16.0. The minimum atomic E-state index is -0.160. The van der Waals surface area contributed by atoms with Gasteiger partial charge in [-0.2, -0.15) is 0 Å². The lowest BCUT2D eigenvalue weighted by Crippen LogP contribution is -2.55. The van der Waals surface area contributed by atoms with Crippen molar-refractivity contribution < 1.29 is 4.39 Å². The maximum Gasteiger partial charge on any atom is 0.123 e. The van der Waals surface area contributed by atoms with E-state index >= 15 is 0 Å². The zero-order valence-corrected chi connectivity index (χ0v) is 14.5. The van der Waals surface area contributed by atoms with Gasteiger partial charge in [-0.05, 0) is 63.2 Å². The van der Waals surface area contributed by atoms with Gasteiger partial charge < -0.3 is 5.32 Å². The largest absolute Gasteiger partial charge is 0.311 e. The van der Waals surface area contributed by atoms with Crippen molar-refractivity contribution in [1.82, 2.24) is 10.2 Å². The fourth-order valence-corrected chi connectivity index (χ4v) is 3.82. The van der Waals surface area contributed by atoms with E-state index in [0.717, 1.165) is 31.5 Å². The second kappa shape index (κ2) is 7.90. The Bertz CT molecular complexity index is 437. The first-order valence-corrected chi connectivity index (χ1v) is 8.18. The van der Waals surface area contributed by atoms with Crippen LogP contribution >= 0.6 is 0 Å². The summed E-state index contributed by atoms with van der Waals surface area (Å²) in [5, 5.41) is 3.51. The van der Waals surface area contributed by atoms with Gasteiger partial charge in [0.05, 0.1) is 6.04 Å². The summed E-state index contributed by atoms with van der Waals surface area (Å²) in [4.78, 5) is 2.54. The first kappa shape index (κ1) is 18.1. The average Bonchev–Trinajstić information content (AvgIpc) is 2.49. The Morgan fingerprint density at radius 3 is 2.10 bits per heavy atom. The van der Waals surface area contributed by atoms with Crippen molar-refractivity contribution in [3.8, 4) is 0 Å². The number of nitrogens with one attached hydrogen (secondary N) is 1. The van der Waals surface area contributed by atoms with Crippen LogP contribution in [0.25, 0.3) is 0 Å². The Morgan fingerprint density at radius 1 is 1.14 bits per heavy atom. The first-order valence-electron chi connectivity index (χ1n) is 8.18. The Morgan fingerprint density at radius 2 is 1.71 bits per heavy atom. The predicted molar refractivity (Wildman–Crippen MR) is 89.2 cm³/mol. The number of rotatable bonds is 8. The Hall–Kier alpha value is -0.930. The molecule has 0 aromatic heterocycles. The summed E-state index contributed by atoms with van der Waals surface area (Å²) >= 11 is 0. The summed E-state index contributed by atoms with van der Waals surface area (Å²) in [5.74, 6) is -0.160. The topological polar surface area (TPSA) is 15.3 Å². The van der Waals surface area contributed by atoms with Crippen LogP contribution in [0.4, 0.5) is 4.39 Å². The molecule has 1 N–H and O–H groups in total. The SMILES string of the molecule is CCN(CC)C(CC)(CC)C(NC)c1ccc(F)cc1C. The molecule has 0 saturated heterocycles. The number of hydrogen-bond donors (Lipinski definition) is 1. The van der Waals surface area contributed by atoms with Crippen molar-refractivity contribution in [2.45, 2.75) is 59.0 Å². The molecule has 2 nitrogen and oxygen atoms in total. The standard InChI is InChI=1S/C18H31FN2/c1-7-18(8-2,21(9-3)10-4)17(20-6)16-12-11-15(19)13-14(16)5/h11-13,17,20H,7-10H2,1-6H3. The molecule has 1 aromatic rings. The van der Waals surface area contributed by atoms with E-state index < -0.39 is 0 Å². The molecule has 0 aliphatic heterocycles. The molecule has 0 heterocycles. The highest BCUT2D eigenvalue weighted by atomic mass is 19.1. The van der Waals surface area contributed by atoms with Gasteiger partial charge in [-0.15, -0.1) is 0 Å². The van der Waals surface area contributed by atoms with Gasteiger partial charge in [-0.1, -0.05) is 33.8 Å². The number of benzene rings is 1. The highest BCUT2D eigenvalue weighted by Gasteiger charge is 2.40. The Balaban J connectivity index is 3.37. The molecule has 0 aliphatic rings. The Kier molecular flexibility index (Phi) is 6.82. The summed E-state index contributed by atoms with van der Waals surface area (Å²) in [6.45, 7) is 13.0. The molecule has 1 atom stereocenters. The molecule has 0 bridgehead atoms. The monoisotopic (exact) mass is 294 g/mol. The van der Waals surface area contributed by atoms with Crippen LogP contribution in [0.3, 0.4) is 0 Å². The van der Waals surface area contributed by atoms with Gasteiger partial charge in [0.2, 0.25) is 0 Å². The molecule has 0 radical (unpaired) electrons. The van der Waals surface area contributed by atoms with Crippen LogP contribution in [0.2, 0.25) is 0 Å². The van der Waals surface area contributed by atoms with Crippen molar-refractivity contribution in [2.75, 3.05) is 20.1 Å². The third kappa shape index (κ3) is 3.46. The second-order valence-electron chi connectivity index (χ2n) is 5.71. The predicted octanol–water partition coefficient (Wildman–Crippen LogP) is 4.30. The third-order valence-corrected chi connectivity index (χ3v) is 4.99. The Labute approximate surface area is 129 Å². The molecule has 1 aromatic carbocycles. The van der Waals surface area contributed by atoms with Crippen molar-refractivity contribution in [1.29, 1.82) is 0 Å². The quantitative estimate of drug-likeness (QED) is 0.769. The number of halogens is 1. The van der Waals surface area contributed by atoms with Gasteiger partial charge in [0.15, 0.2) is 0 Å². The van der Waals surface area contributed by atoms with E-state index in [1.54, 1.807) is 12.1 Å². The molecule has 0 saturated carbocycles. The molecule has 1 unspecified atom stereocenters. The van der Waals surface area contributed by atoms with Gasteiger partial charge in [0, 0.05) is 5.54 Å². The molecular formula is C18H31FN2. The van der Waals surface area contributed by atoms with Crippen LogP contribution in [-0.2, 0) is 0 Å².